The highest BCUT2D eigenvalue weighted by atomic mass is 16.5. The number of ether oxygens (including phenoxy) is 2. The second-order valence-corrected chi connectivity index (χ2v) is 7.67. The summed E-state index contributed by atoms with van der Waals surface area (Å²) in [4.78, 5) is 22.1. The first-order chi connectivity index (χ1) is 15.7. The van der Waals surface area contributed by atoms with Gasteiger partial charge >= 0.3 is 0 Å². The standard InChI is InChI=1S/C23H24N6O3/c1-31-15-11-9-14(10-12-15)20-27-21-16-6-5-8-18(32-2)19(16)26-23(29(21)28-20)25-17-7-3-4-13-24-22(17)30/h5-6,8-12,17H,3-4,7,13H2,1-2H3,(H,24,30)(H,25,26)/t17-/m1/s1. The van der Waals surface area contributed by atoms with Gasteiger partial charge in [0.15, 0.2) is 11.5 Å². The van der Waals surface area contributed by atoms with Crippen LogP contribution in [-0.4, -0.2) is 52.3 Å². The summed E-state index contributed by atoms with van der Waals surface area (Å²) in [5, 5.41) is 11.8. The number of nitrogens with zero attached hydrogens (tertiary/aromatic N) is 4. The highest BCUT2D eigenvalue weighted by Crippen LogP contribution is 2.30. The SMILES string of the molecule is COc1ccc(-c2nc3c4cccc(OC)c4nc(N[C@@H]4CCCCNC4=O)n3n2)cc1. The Hall–Kier alpha value is -3.88. The predicted molar refractivity (Wildman–Crippen MR) is 121 cm³/mol. The molecule has 1 aliphatic heterocycles. The fourth-order valence-corrected chi connectivity index (χ4v) is 3.96. The van der Waals surface area contributed by atoms with Gasteiger partial charge in [0, 0.05) is 17.5 Å². The number of benzene rings is 2. The first-order valence-electron chi connectivity index (χ1n) is 10.6. The van der Waals surface area contributed by atoms with Crippen molar-refractivity contribution in [1.82, 2.24) is 24.9 Å². The second kappa shape index (κ2) is 8.33. The van der Waals surface area contributed by atoms with Crippen LogP contribution < -0.4 is 20.1 Å². The third-order valence-electron chi connectivity index (χ3n) is 5.67. The quantitative estimate of drug-likeness (QED) is 0.500. The molecule has 0 bridgehead atoms. The van der Waals surface area contributed by atoms with E-state index in [9.17, 15) is 4.79 Å². The second-order valence-electron chi connectivity index (χ2n) is 7.67. The summed E-state index contributed by atoms with van der Waals surface area (Å²) in [6.07, 6.45) is 2.63. The van der Waals surface area contributed by atoms with E-state index in [2.05, 4.69) is 10.6 Å². The van der Waals surface area contributed by atoms with Crippen molar-refractivity contribution in [2.45, 2.75) is 25.3 Å². The van der Waals surface area contributed by atoms with Crippen LogP contribution in [0.15, 0.2) is 42.5 Å². The molecule has 32 heavy (non-hydrogen) atoms. The Kier molecular flexibility index (Phi) is 5.22. The fraction of sp³-hybridized carbons (Fsp3) is 0.304. The van der Waals surface area contributed by atoms with Gasteiger partial charge in [-0.05, 0) is 55.7 Å². The number of hydrogen-bond acceptors (Lipinski definition) is 7. The third kappa shape index (κ3) is 3.55. The first-order valence-corrected chi connectivity index (χ1v) is 10.6. The molecule has 2 aromatic carbocycles. The van der Waals surface area contributed by atoms with Crippen molar-refractivity contribution in [1.29, 1.82) is 0 Å². The average Bonchev–Trinajstić information content (AvgIpc) is 3.19. The van der Waals surface area contributed by atoms with Gasteiger partial charge in [-0.3, -0.25) is 4.79 Å². The number of para-hydroxylation sites is 1. The van der Waals surface area contributed by atoms with Gasteiger partial charge in [0.05, 0.1) is 14.2 Å². The van der Waals surface area contributed by atoms with Crippen molar-refractivity contribution >= 4 is 28.4 Å². The first kappa shape index (κ1) is 20.0. The van der Waals surface area contributed by atoms with Gasteiger partial charge in [0.25, 0.3) is 0 Å². The van der Waals surface area contributed by atoms with E-state index in [-0.39, 0.29) is 5.91 Å². The van der Waals surface area contributed by atoms with Crippen molar-refractivity contribution < 1.29 is 14.3 Å². The Morgan fingerprint density at radius 1 is 1.06 bits per heavy atom. The molecular weight excluding hydrogens is 408 g/mol. The number of methoxy groups -OCH3 is 2. The lowest BCUT2D eigenvalue weighted by molar-refractivity contribution is -0.121. The van der Waals surface area contributed by atoms with Crippen LogP contribution in [0, 0.1) is 0 Å². The van der Waals surface area contributed by atoms with Crippen molar-refractivity contribution in [3.63, 3.8) is 0 Å². The molecule has 1 aliphatic rings. The number of amides is 1. The molecule has 4 aromatic rings. The van der Waals surface area contributed by atoms with Gasteiger partial charge in [-0.2, -0.15) is 4.52 Å². The van der Waals surface area contributed by atoms with Crippen molar-refractivity contribution in [3.05, 3.63) is 42.5 Å². The van der Waals surface area contributed by atoms with Crippen molar-refractivity contribution in [2.24, 2.45) is 0 Å². The summed E-state index contributed by atoms with van der Waals surface area (Å²) >= 11 is 0. The Labute approximate surface area is 184 Å². The topological polar surface area (TPSA) is 103 Å². The number of aromatic nitrogens is 4. The van der Waals surface area contributed by atoms with E-state index in [0.29, 0.717) is 35.2 Å². The van der Waals surface area contributed by atoms with Crippen LogP contribution in [0.25, 0.3) is 27.9 Å². The molecule has 1 amide bonds. The largest absolute Gasteiger partial charge is 0.497 e. The van der Waals surface area contributed by atoms with Crippen molar-refractivity contribution in [2.75, 3.05) is 26.1 Å². The van der Waals surface area contributed by atoms with Crippen LogP contribution in [0.5, 0.6) is 11.5 Å². The Morgan fingerprint density at radius 2 is 1.91 bits per heavy atom. The van der Waals surface area contributed by atoms with Gasteiger partial charge in [-0.25, -0.2) is 9.97 Å². The van der Waals surface area contributed by atoms with E-state index >= 15 is 0 Å². The van der Waals surface area contributed by atoms with Crippen LogP contribution in [-0.2, 0) is 4.79 Å². The molecule has 0 saturated carbocycles. The normalized spacial score (nSPS) is 16.6. The summed E-state index contributed by atoms with van der Waals surface area (Å²) in [5.74, 6) is 2.36. The zero-order valence-electron chi connectivity index (χ0n) is 18.0. The predicted octanol–water partition coefficient (Wildman–Crippen LogP) is 3.04. The number of rotatable bonds is 5. The maximum Gasteiger partial charge on any atom is 0.242 e. The summed E-state index contributed by atoms with van der Waals surface area (Å²) in [6, 6.07) is 12.9. The van der Waals surface area contributed by atoms with Gasteiger partial charge in [0.2, 0.25) is 11.9 Å². The molecule has 0 radical (unpaired) electrons. The summed E-state index contributed by atoms with van der Waals surface area (Å²) in [5.41, 5.74) is 2.15. The van der Waals surface area contributed by atoms with Crippen molar-refractivity contribution in [3.8, 4) is 22.9 Å². The molecule has 2 N–H and O–H groups in total. The van der Waals surface area contributed by atoms with Crippen LogP contribution in [0.4, 0.5) is 5.95 Å². The summed E-state index contributed by atoms with van der Waals surface area (Å²) < 4.78 is 12.5. The highest BCUT2D eigenvalue weighted by Gasteiger charge is 2.24. The fourth-order valence-electron chi connectivity index (χ4n) is 3.96. The number of carbonyl (C=O) groups excluding carboxylic acids is 1. The van der Waals surface area contributed by atoms with E-state index in [1.165, 1.54) is 0 Å². The van der Waals surface area contributed by atoms with Gasteiger partial charge in [0.1, 0.15) is 23.1 Å². The Bertz CT molecular complexity index is 1280. The highest BCUT2D eigenvalue weighted by molar-refractivity contribution is 5.96. The molecule has 5 rings (SSSR count). The van der Waals surface area contributed by atoms with E-state index in [1.54, 1.807) is 18.7 Å². The van der Waals surface area contributed by atoms with Gasteiger partial charge in [-0.15, -0.1) is 5.10 Å². The summed E-state index contributed by atoms with van der Waals surface area (Å²) in [6.45, 7) is 0.691. The average molecular weight is 432 g/mol. The Morgan fingerprint density at radius 3 is 2.69 bits per heavy atom. The molecule has 1 atom stereocenters. The number of anilines is 1. The maximum atomic E-state index is 12.5. The van der Waals surface area contributed by atoms with Crippen LogP contribution in [0.1, 0.15) is 19.3 Å². The maximum absolute atomic E-state index is 12.5. The molecule has 0 aliphatic carbocycles. The molecule has 0 unspecified atom stereocenters. The van der Waals surface area contributed by atoms with E-state index < -0.39 is 6.04 Å². The van der Waals surface area contributed by atoms with Crippen LogP contribution in [0.3, 0.4) is 0 Å². The van der Waals surface area contributed by atoms with E-state index in [4.69, 9.17) is 24.5 Å². The lowest BCUT2D eigenvalue weighted by Crippen LogP contribution is -2.38. The molecule has 3 heterocycles. The summed E-state index contributed by atoms with van der Waals surface area (Å²) in [7, 11) is 3.24. The number of fused-ring (bicyclic) bond motifs is 3. The van der Waals surface area contributed by atoms with Gasteiger partial charge < -0.3 is 20.1 Å². The van der Waals surface area contributed by atoms with Gasteiger partial charge in [-0.1, -0.05) is 6.07 Å². The number of hydrogen-bond donors (Lipinski definition) is 2. The molecule has 2 aromatic heterocycles. The molecule has 1 fully saturated rings. The van der Waals surface area contributed by atoms with E-state index in [0.717, 1.165) is 36.0 Å². The zero-order valence-corrected chi connectivity index (χ0v) is 18.0. The Balaban J connectivity index is 1.67. The molecule has 9 heteroatoms. The molecule has 0 spiro atoms. The smallest absolute Gasteiger partial charge is 0.242 e. The van der Waals surface area contributed by atoms with E-state index in [1.807, 2.05) is 42.5 Å². The monoisotopic (exact) mass is 432 g/mol. The minimum atomic E-state index is -0.394. The molecule has 164 valence electrons. The van der Waals surface area contributed by atoms with Crippen LogP contribution >= 0.6 is 0 Å². The number of carbonyl (C=O) groups is 1. The zero-order chi connectivity index (χ0) is 22.1. The molecule has 1 saturated heterocycles. The lowest BCUT2D eigenvalue weighted by Gasteiger charge is -2.17. The number of nitrogens with one attached hydrogen (secondary N) is 2. The third-order valence-corrected chi connectivity index (χ3v) is 5.67. The minimum Gasteiger partial charge on any atom is -0.497 e. The minimum absolute atomic E-state index is 0.0342. The van der Waals surface area contributed by atoms with Crippen LogP contribution in [0.2, 0.25) is 0 Å². The lowest BCUT2D eigenvalue weighted by atomic mass is 10.1. The molecule has 9 nitrogen and oxygen atoms in total. The molecular formula is C23H24N6O3.